The van der Waals surface area contributed by atoms with Gasteiger partial charge in [0.1, 0.15) is 0 Å². The van der Waals surface area contributed by atoms with Crippen LogP contribution in [0, 0.1) is 5.92 Å². The summed E-state index contributed by atoms with van der Waals surface area (Å²) in [5.41, 5.74) is 6.14. The van der Waals surface area contributed by atoms with Crippen molar-refractivity contribution in [3.05, 3.63) is 0 Å². The molecule has 0 aromatic heterocycles. The van der Waals surface area contributed by atoms with Gasteiger partial charge >= 0.3 is 0 Å². The van der Waals surface area contributed by atoms with Crippen molar-refractivity contribution in [3.63, 3.8) is 0 Å². The molecule has 2 rings (SSSR count). The molecule has 2 fully saturated rings. The number of carbonyl (C=O) groups excluding carboxylic acids is 1. The van der Waals surface area contributed by atoms with E-state index in [1.54, 1.807) is 6.92 Å². The SMILES string of the molecule is CC(=O)NCC1CCN(C2CCCC2N)CC1. The zero-order chi connectivity index (χ0) is 12.3. The minimum absolute atomic E-state index is 0.0882. The summed E-state index contributed by atoms with van der Waals surface area (Å²) >= 11 is 0. The second-order valence-electron chi connectivity index (χ2n) is 5.58. The molecule has 0 aromatic carbocycles. The zero-order valence-electron chi connectivity index (χ0n) is 10.8. The monoisotopic (exact) mass is 239 g/mol. The highest BCUT2D eigenvalue weighted by atomic mass is 16.1. The molecule has 0 aromatic rings. The maximum absolute atomic E-state index is 10.9. The first kappa shape index (κ1) is 12.8. The lowest BCUT2D eigenvalue weighted by Gasteiger charge is -2.37. The van der Waals surface area contributed by atoms with E-state index in [4.69, 9.17) is 5.73 Å². The smallest absolute Gasteiger partial charge is 0.216 e. The molecule has 1 amide bonds. The molecule has 98 valence electrons. The van der Waals surface area contributed by atoms with Gasteiger partial charge in [-0.15, -0.1) is 0 Å². The molecule has 1 heterocycles. The summed E-state index contributed by atoms with van der Waals surface area (Å²) in [5.74, 6) is 0.748. The standard InChI is InChI=1S/C13H25N3O/c1-10(17)15-9-11-5-7-16(8-6-11)13-4-2-3-12(13)14/h11-13H,2-9,14H2,1H3,(H,15,17). The minimum Gasteiger partial charge on any atom is -0.356 e. The quantitative estimate of drug-likeness (QED) is 0.763. The van der Waals surface area contributed by atoms with Crippen molar-refractivity contribution in [1.29, 1.82) is 0 Å². The molecule has 0 spiro atoms. The predicted molar refractivity (Wildman–Crippen MR) is 68.6 cm³/mol. The second kappa shape index (κ2) is 5.83. The summed E-state index contributed by atoms with van der Waals surface area (Å²) in [6.45, 7) is 4.75. The topological polar surface area (TPSA) is 58.4 Å². The molecule has 2 unspecified atom stereocenters. The third-order valence-corrected chi connectivity index (χ3v) is 4.29. The van der Waals surface area contributed by atoms with Gasteiger partial charge < -0.3 is 11.1 Å². The van der Waals surface area contributed by atoms with Crippen LogP contribution in [0.15, 0.2) is 0 Å². The molecule has 1 aliphatic heterocycles. The first-order chi connectivity index (χ1) is 8.16. The van der Waals surface area contributed by atoms with E-state index in [1.807, 2.05) is 0 Å². The highest BCUT2D eigenvalue weighted by Crippen LogP contribution is 2.27. The number of hydrogen-bond acceptors (Lipinski definition) is 3. The Balaban J connectivity index is 1.72. The molecular formula is C13H25N3O. The third-order valence-electron chi connectivity index (χ3n) is 4.29. The summed E-state index contributed by atoms with van der Waals surface area (Å²) in [4.78, 5) is 13.4. The van der Waals surface area contributed by atoms with Gasteiger partial charge in [0.15, 0.2) is 0 Å². The van der Waals surface area contributed by atoms with Crippen LogP contribution in [0.3, 0.4) is 0 Å². The number of piperidine rings is 1. The largest absolute Gasteiger partial charge is 0.356 e. The van der Waals surface area contributed by atoms with E-state index in [1.165, 1.54) is 32.1 Å². The van der Waals surface area contributed by atoms with Gasteiger partial charge in [-0.1, -0.05) is 6.42 Å². The third kappa shape index (κ3) is 3.42. The maximum atomic E-state index is 10.9. The number of rotatable bonds is 3. The molecule has 1 saturated heterocycles. The van der Waals surface area contributed by atoms with Crippen LogP contribution in [-0.4, -0.2) is 42.5 Å². The van der Waals surface area contributed by atoms with Crippen LogP contribution < -0.4 is 11.1 Å². The molecule has 2 aliphatic rings. The lowest BCUT2D eigenvalue weighted by atomic mass is 9.95. The van der Waals surface area contributed by atoms with Crippen molar-refractivity contribution in [2.75, 3.05) is 19.6 Å². The van der Waals surface area contributed by atoms with Crippen molar-refractivity contribution in [3.8, 4) is 0 Å². The molecule has 3 N–H and O–H groups in total. The number of amides is 1. The number of likely N-dealkylation sites (tertiary alicyclic amines) is 1. The highest BCUT2D eigenvalue weighted by molar-refractivity contribution is 5.72. The van der Waals surface area contributed by atoms with Gasteiger partial charge in [0.05, 0.1) is 0 Å². The van der Waals surface area contributed by atoms with Gasteiger partial charge in [-0.3, -0.25) is 9.69 Å². The lowest BCUT2D eigenvalue weighted by Crippen LogP contribution is -2.48. The van der Waals surface area contributed by atoms with Crippen molar-refractivity contribution < 1.29 is 4.79 Å². The summed E-state index contributed by atoms with van der Waals surface area (Å²) < 4.78 is 0. The number of hydrogen-bond donors (Lipinski definition) is 2. The van der Waals surface area contributed by atoms with E-state index in [0.29, 0.717) is 18.0 Å². The van der Waals surface area contributed by atoms with Crippen LogP contribution in [0.25, 0.3) is 0 Å². The van der Waals surface area contributed by atoms with Crippen molar-refractivity contribution in [2.24, 2.45) is 11.7 Å². The number of nitrogens with one attached hydrogen (secondary N) is 1. The van der Waals surface area contributed by atoms with Crippen LogP contribution in [0.5, 0.6) is 0 Å². The molecule has 0 radical (unpaired) electrons. The van der Waals surface area contributed by atoms with E-state index < -0.39 is 0 Å². The average Bonchev–Trinajstić information content (AvgIpc) is 2.73. The van der Waals surface area contributed by atoms with Gasteiger partial charge in [-0.2, -0.15) is 0 Å². The molecule has 1 saturated carbocycles. The average molecular weight is 239 g/mol. The number of nitrogens with two attached hydrogens (primary N) is 1. The molecule has 4 heteroatoms. The summed E-state index contributed by atoms with van der Waals surface area (Å²) in [6.07, 6.45) is 6.15. The molecule has 4 nitrogen and oxygen atoms in total. The van der Waals surface area contributed by atoms with E-state index in [0.717, 1.165) is 19.6 Å². The number of nitrogens with zero attached hydrogens (tertiary/aromatic N) is 1. The summed E-state index contributed by atoms with van der Waals surface area (Å²) in [7, 11) is 0. The van der Waals surface area contributed by atoms with Crippen molar-refractivity contribution in [2.45, 2.75) is 51.1 Å². The van der Waals surface area contributed by atoms with E-state index >= 15 is 0 Å². The number of carbonyl (C=O) groups is 1. The Bertz CT molecular complexity index is 261. The molecule has 0 bridgehead atoms. The van der Waals surface area contributed by atoms with Gasteiger partial charge in [-0.05, 0) is 44.7 Å². The van der Waals surface area contributed by atoms with Gasteiger partial charge in [0, 0.05) is 25.6 Å². The Kier molecular flexibility index (Phi) is 4.40. The summed E-state index contributed by atoms with van der Waals surface area (Å²) in [6, 6.07) is 1.01. The second-order valence-corrected chi connectivity index (χ2v) is 5.58. The Morgan fingerprint density at radius 2 is 2.00 bits per heavy atom. The zero-order valence-corrected chi connectivity index (χ0v) is 10.8. The molecular weight excluding hydrogens is 214 g/mol. The van der Waals surface area contributed by atoms with Crippen molar-refractivity contribution in [1.82, 2.24) is 10.2 Å². The Morgan fingerprint density at radius 3 is 2.53 bits per heavy atom. The van der Waals surface area contributed by atoms with Crippen LogP contribution >= 0.6 is 0 Å². The fourth-order valence-corrected chi connectivity index (χ4v) is 3.20. The predicted octanol–water partition coefficient (Wildman–Crippen LogP) is 0.714. The molecule has 2 atom stereocenters. The van der Waals surface area contributed by atoms with Gasteiger partial charge in [0.25, 0.3) is 0 Å². The van der Waals surface area contributed by atoms with Crippen LogP contribution in [-0.2, 0) is 4.79 Å². The lowest BCUT2D eigenvalue weighted by molar-refractivity contribution is -0.119. The van der Waals surface area contributed by atoms with Crippen LogP contribution in [0.4, 0.5) is 0 Å². The van der Waals surface area contributed by atoms with E-state index in [-0.39, 0.29) is 5.91 Å². The Morgan fingerprint density at radius 1 is 1.29 bits per heavy atom. The Labute approximate surface area is 104 Å². The Hall–Kier alpha value is -0.610. The van der Waals surface area contributed by atoms with E-state index in [2.05, 4.69) is 10.2 Å². The maximum Gasteiger partial charge on any atom is 0.216 e. The fourth-order valence-electron chi connectivity index (χ4n) is 3.20. The fraction of sp³-hybridized carbons (Fsp3) is 0.923. The first-order valence-electron chi connectivity index (χ1n) is 6.91. The molecule has 1 aliphatic carbocycles. The van der Waals surface area contributed by atoms with Crippen molar-refractivity contribution >= 4 is 5.91 Å². The summed E-state index contributed by atoms with van der Waals surface area (Å²) in [5, 5.41) is 2.93. The van der Waals surface area contributed by atoms with Crippen LogP contribution in [0.2, 0.25) is 0 Å². The normalized spacial score (nSPS) is 31.6. The van der Waals surface area contributed by atoms with Crippen LogP contribution in [0.1, 0.15) is 39.0 Å². The van der Waals surface area contributed by atoms with Gasteiger partial charge in [0.2, 0.25) is 5.91 Å². The first-order valence-corrected chi connectivity index (χ1v) is 6.91. The van der Waals surface area contributed by atoms with Gasteiger partial charge in [-0.25, -0.2) is 0 Å². The minimum atomic E-state index is 0.0882. The highest BCUT2D eigenvalue weighted by Gasteiger charge is 2.31. The molecule has 17 heavy (non-hydrogen) atoms. The van der Waals surface area contributed by atoms with E-state index in [9.17, 15) is 4.79 Å².